The quantitative estimate of drug-likeness (QED) is 0.185. The standard InChI is InChI=1S/C43H37N/c1-3-9-32(10-4-1)33-17-23-38(24-18-33)44(40-27-21-36(22-28-40)43-30-31-15-16-37(43)29-31)39-25-19-35(20-26-39)42-14-8-7-13-41(42)34-11-5-2-6-12-34/h1-14,17-28,31,37,43H,15-16,29-30H2. The Bertz CT molecular complexity index is 1840. The van der Waals surface area contributed by atoms with Gasteiger partial charge in [0.1, 0.15) is 0 Å². The Balaban J connectivity index is 1.15. The van der Waals surface area contributed by atoms with Crippen LogP contribution >= 0.6 is 0 Å². The highest BCUT2D eigenvalue weighted by Crippen LogP contribution is 2.53. The predicted molar refractivity (Wildman–Crippen MR) is 186 cm³/mol. The van der Waals surface area contributed by atoms with Gasteiger partial charge in [-0.2, -0.15) is 0 Å². The van der Waals surface area contributed by atoms with Gasteiger partial charge in [0.25, 0.3) is 0 Å². The molecule has 3 unspecified atom stereocenters. The van der Waals surface area contributed by atoms with Gasteiger partial charge in [-0.15, -0.1) is 0 Å². The number of benzene rings is 6. The van der Waals surface area contributed by atoms with Crippen molar-refractivity contribution in [3.63, 3.8) is 0 Å². The van der Waals surface area contributed by atoms with Gasteiger partial charge in [-0.1, -0.05) is 128 Å². The Morgan fingerprint density at radius 2 is 0.841 bits per heavy atom. The van der Waals surface area contributed by atoms with Crippen molar-refractivity contribution in [2.45, 2.75) is 31.6 Å². The Kier molecular flexibility index (Phi) is 7.08. The van der Waals surface area contributed by atoms with Crippen LogP contribution in [0.25, 0.3) is 33.4 Å². The lowest BCUT2D eigenvalue weighted by Gasteiger charge is -2.27. The molecule has 8 rings (SSSR count). The fourth-order valence-electron chi connectivity index (χ4n) is 7.80. The van der Waals surface area contributed by atoms with E-state index in [0.29, 0.717) is 0 Å². The molecule has 44 heavy (non-hydrogen) atoms. The zero-order chi connectivity index (χ0) is 29.3. The largest absolute Gasteiger partial charge is 0.311 e. The summed E-state index contributed by atoms with van der Waals surface area (Å²) in [4.78, 5) is 2.40. The van der Waals surface area contributed by atoms with E-state index < -0.39 is 0 Å². The highest BCUT2D eigenvalue weighted by Gasteiger charge is 2.40. The molecule has 6 aromatic rings. The van der Waals surface area contributed by atoms with Crippen LogP contribution in [0, 0.1) is 11.8 Å². The van der Waals surface area contributed by atoms with Crippen LogP contribution in [0.4, 0.5) is 17.1 Å². The molecular formula is C43H37N. The number of anilines is 3. The van der Waals surface area contributed by atoms with Crippen molar-refractivity contribution in [2.24, 2.45) is 11.8 Å². The van der Waals surface area contributed by atoms with Crippen molar-refractivity contribution < 1.29 is 0 Å². The minimum Gasteiger partial charge on any atom is -0.311 e. The number of nitrogens with zero attached hydrogens (tertiary/aromatic N) is 1. The van der Waals surface area contributed by atoms with Gasteiger partial charge in [-0.3, -0.25) is 0 Å². The number of rotatable bonds is 7. The molecule has 0 heterocycles. The lowest BCUT2D eigenvalue weighted by molar-refractivity contribution is 0.420. The third-order valence-corrected chi connectivity index (χ3v) is 10.00. The third kappa shape index (κ3) is 5.13. The number of hydrogen-bond acceptors (Lipinski definition) is 1. The SMILES string of the molecule is c1ccc(-c2ccc(N(c3ccc(-c4ccccc4-c4ccccc4)cc3)c3ccc(C4CC5CCC4C5)cc3)cc2)cc1. The summed E-state index contributed by atoms with van der Waals surface area (Å²) in [5.41, 5.74) is 12.5. The average molecular weight is 568 g/mol. The molecular weight excluding hydrogens is 530 g/mol. The van der Waals surface area contributed by atoms with E-state index in [1.807, 2.05) is 0 Å². The highest BCUT2D eigenvalue weighted by molar-refractivity contribution is 5.85. The minimum absolute atomic E-state index is 0.741. The van der Waals surface area contributed by atoms with Crippen LogP contribution in [-0.2, 0) is 0 Å². The van der Waals surface area contributed by atoms with Crippen LogP contribution in [0.2, 0.25) is 0 Å². The number of hydrogen-bond donors (Lipinski definition) is 0. The average Bonchev–Trinajstić information content (AvgIpc) is 3.75. The molecule has 6 aromatic carbocycles. The fourth-order valence-corrected chi connectivity index (χ4v) is 7.80. The van der Waals surface area contributed by atoms with Gasteiger partial charge in [0, 0.05) is 17.1 Å². The summed E-state index contributed by atoms with van der Waals surface area (Å²) in [6, 6.07) is 57.6. The molecule has 0 saturated heterocycles. The molecule has 2 aliphatic carbocycles. The maximum absolute atomic E-state index is 2.40. The monoisotopic (exact) mass is 567 g/mol. The first-order valence-corrected chi connectivity index (χ1v) is 16.1. The lowest BCUT2D eigenvalue weighted by Crippen LogP contribution is -2.11. The van der Waals surface area contributed by atoms with Gasteiger partial charge in [-0.05, 0) is 112 Å². The van der Waals surface area contributed by atoms with Crippen molar-refractivity contribution in [2.75, 3.05) is 4.90 Å². The van der Waals surface area contributed by atoms with E-state index in [9.17, 15) is 0 Å². The van der Waals surface area contributed by atoms with Crippen molar-refractivity contribution in [3.05, 3.63) is 163 Å². The van der Waals surface area contributed by atoms with Gasteiger partial charge >= 0.3 is 0 Å². The van der Waals surface area contributed by atoms with E-state index in [-0.39, 0.29) is 0 Å². The molecule has 0 N–H and O–H groups in total. The first-order valence-electron chi connectivity index (χ1n) is 16.1. The van der Waals surface area contributed by atoms with E-state index in [1.165, 1.54) is 70.3 Å². The number of fused-ring (bicyclic) bond motifs is 2. The van der Waals surface area contributed by atoms with Crippen LogP contribution < -0.4 is 4.90 Å². The molecule has 0 amide bonds. The Hall–Kier alpha value is -4.88. The summed E-state index contributed by atoms with van der Waals surface area (Å²) in [6.45, 7) is 0. The summed E-state index contributed by atoms with van der Waals surface area (Å²) < 4.78 is 0. The molecule has 1 heteroatoms. The maximum atomic E-state index is 2.40. The Morgan fingerprint density at radius 1 is 0.386 bits per heavy atom. The molecule has 0 spiro atoms. The van der Waals surface area contributed by atoms with Gasteiger partial charge in [-0.25, -0.2) is 0 Å². The fraction of sp³-hybridized carbons (Fsp3) is 0.163. The molecule has 0 aromatic heterocycles. The molecule has 3 atom stereocenters. The molecule has 0 aliphatic heterocycles. The molecule has 214 valence electrons. The molecule has 0 radical (unpaired) electrons. The maximum Gasteiger partial charge on any atom is 0.0462 e. The van der Waals surface area contributed by atoms with Gasteiger partial charge < -0.3 is 4.90 Å². The van der Waals surface area contributed by atoms with Crippen LogP contribution in [-0.4, -0.2) is 0 Å². The van der Waals surface area contributed by atoms with Crippen molar-refractivity contribution in [3.8, 4) is 33.4 Å². The van der Waals surface area contributed by atoms with Gasteiger partial charge in [0.15, 0.2) is 0 Å². The van der Waals surface area contributed by atoms with E-state index >= 15 is 0 Å². The predicted octanol–water partition coefficient (Wildman–Crippen LogP) is 12.1. The molecule has 2 bridgehead atoms. The molecule has 1 nitrogen and oxygen atoms in total. The summed E-state index contributed by atoms with van der Waals surface area (Å²) >= 11 is 0. The van der Waals surface area contributed by atoms with E-state index in [2.05, 4.69) is 163 Å². The minimum atomic E-state index is 0.741. The van der Waals surface area contributed by atoms with Crippen LogP contribution in [0.15, 0.2) is 158 Å². The summed E-state index contributed by atoms with van der Waals surface area (Å²) in [5.74, 6) is 2.58. The first-order chi connectivity index (χ1) is 21.8. The van der Waals surface area contributed by atoms with Gasteiger partial charge in [0.2, 0.25) is 0 Å². The topological polar surface area (TPSA) is 3.24 Å². The summed E-state index contributed by atoms with van der Waals surface area (Å²) in [6.07, 6.45) is 5.67. The normalized spacial score (nSPS) is 18.8. The van der Waals surface area contributed by atoms with Crippen molar-refractivity contribution >= 4 is 17.1 Å². The Labute approximate surface area is 261 Å². The molecule has 2 saturated carbocycles. The third-order valence-electron chi connectivity index (χ3n) is 10.00. The summed E-state index contributed by atoms with van der Waals surface area (Å²) in [7, 11) is 0. The van der Waals surface area contributed by atoms with E-state index in [4.69, 9.17) is 0 Å². The second-order valence-electron chi connectivity index (χ2n) is 12.6. The van der Waals surface area contributed by atoms with Crippen LogP contribution in [0.5, 0.6) is 0 Å². The lowest BCUT2D eigenvalue weighted by atomic mass is 9.83. The second kappa shape index (κ2) is 11.7. The second-order valence-corrected chi connectivity index (χ2v) is 12.6. The van der Waals surface area contributed by atoms with Crippen LogP contribution in [0.1, 0.15) is 37.2 Å². The molecule has 2 aliphatic rings. The van der Waals surface area contributed by atoms with Crippen molar-refractivity contribution in [1.29, 1.82) is 0 Å². The van der Waals surface area contributed by atoms with E-state index in [0.717, 1.165) is 29.1 Å². The van der Waals surface area contributed by atoms with Crippen molar-refractivity contribution in [1.82, 2.24) is 0 Å². The smallest absolute Gasteiger partial charge is 0.0462 e. The van der Waals surface area contributed by atoms with Crippen LogP contribution in [0.3, 0.4) is 0 Å². The van der Waals surface area contributed by atoms with E-state index in [1.54, 1.807) is 0 Å². The van der Waals surface area contributed by atoms with Gasteiger partial charge in [0.05, 0.1) is 0 Å². The summed E-state index contributed by atoms with van der Waals surface area (Å²) in [5, 5.41) is 0. The zero-order valence-electron chi connectivity index (χ0n) is 25.0. The first kappa shape index (κ1) is 26.7. The zero-order valence-corrected chi connectivity index (χ0v) is 25.0. The Morgan fingerprint density at radius 3 is 1.36 bits per heavy atom. The highest BCUT2D eigenvalue weighted by atomic mass is 15.1. The molecule has 2 fully saturated rings.